The lowest BCUT2D eigenvalue weighted by Gasteiger charge is -2.20. The normalized spacial score (nSPS) is 11.1. The van der Waals surface area contributed by atoms with Gasteiger partial charge >= 0.3 is 6.09 Å². The lowest BCUT2D eigenvalue weighted by Crippen LogP contribution is -2.32. The quantitative estimate of drug-likeness (QED) is 0.901. The fourth-order valence-corrected chi connectivity index (χ4v) is 2.24. The molecule has 4 nitrogen and oxygen atoms in total. The molecule has 2 aromatic rings. The minimum Gasteiger partial charge on any atom is -0.444 e. The Kier molecular flexibility index (Phi) is 5.40. The molecule has 0 bridgehead atoms. The van der Waals surface area contributed by atoms with Gasteiger partial charge in [-0.2, -0.15) is 0 Å². The smallest absolute Gasteiger partial charge is 0.407 e. The van der Waals surface area contributed by atoms with Gasteiger partial charge in [0.05, 0.1) is 6.61 Å². The van der Waals surface area contributed by atoms with E-state index in [0.29, 0.717) is 6.54 Å². The average molecular weight is 313 g/mol. The lowest BCUT2D eigenvalue weighted by molar-refractivity contribution is 0.0523. The van der Waals surface area contributed by atoms with Crippen molar-refractivity contribution in [2.24, 2.45) is 0 Å². The first-order chi connectivity index (χ1) is 10.9. The molecule has 2 N–H and O–H groups in total. The number of nitrogens with one attached hydrogen (secondary N) is 1. The summed E-state index contributed by atoms with van der Waals surface area (Å²) in [7, 11) is 0. The molecule has 0 atom stereocenters. The van der Waals surface area contributed by atoms with Gasteiger partial charge in [0.1, 0.15) is 5.60 Å². The van der Waals surface area contributed by atoms with E-state index >= 15 is 0 Å². The second-order valence-corrected chi connectivity index (χ2v) is 6.36. The van der Waals surface area contributed by atoms with Gasteiger partial charge in [-0.05, 0) is 49.1 Å². The van der Waals surface area contributed by atoms with Crippen LogP contribution in [0.25, 0.3) is 11.1 Å². The second-order valence-electron chi connectivity index (χ2n) is 6.36. The number of alkyl carbamates (subject to hydrolysis) is 1. The molecule has 23 heavy (non-hydrogen) atoms. The van der Waals surface area contributed by atoms with Crippen molar-refractivity contribution < 1.29 is 14.6 Å². The molecule has 0 aliphatic heterocycles. The van der Waals surface area contributed by atoms with Crippen LogP contribution in [0.5, 0.6) is 0 Å². The van der Waals surface area contributed by atoms with Gasteiger partial charge in [-0.3, -0.25) is 0 Å². The predicted octanol–water partition coefficient (Wildman–Crippen LogP) is 3.87. The molecule has 4 heteroatoms. The number of amides is 1. The number of hydrogen-bond acceptors (Lipinski definition) is 3. The van der Waals surface area contributed by atoms with Crippen LogP contribution < -0.4 is 5.32 Å². The van der Waals surface area contributed by atoms with E-state index in [4.69, 9.17) is 4.74 Å². The number of carbonyl (C=O) groups is 1. The van der Waals surface area contributed by atoms with E-state index in [0.717, 1.165) is 22.3 Å². The number of benzene rings is 2. The Morgan fingerprint density at radius 2 is 1.74 bits per heavy atom. The fraction of sp³-hybridized carbons (Fsp3) is 0.316. The molecule has 1 amide bonds. The first-order valence-corrected chi connectivity index (χ1v) is 7.64. The van der Waals surface area contributed by atoms with Crippen molar-refractivity contribution in [1.29, 1.82) is 0 Å². The maximum Gasteiger partial charge on any atom is 0.407 e. The van der Waals surface area contributed by atoms with Crippen LogP contribution >= 0.6 is 0 Å². The van der Waals surface area contributed by atoms with Crippen LogP contribution in [0.15, 0.2) is 48.5 Å². The van der Waals surface area contributed by atoms with Gasteiger partial charge in [0.25, 0.3) is 0 Å². The van der Waals surface area contributed by atoms with Crippen molar-refractivity contribution in [3.63, 3.8) is 0 Å². The average Bonchev–Trinajstić information content (AvgIpc) is 2.52. The van der Waals surface area contributed by atoms with Crippen molar-refractivity contribution in [1.82, 2.24) is 5.32 Å². The third kappa shape index (κ3) is 5.11. The molecule has 0 fully saturated rings. The molecule has 0 aromatic heterocycles. The SMILES string of the molecule is CC(C)(C)OC(=O)NCc1cc(-c2ccccc2)ccc1CO. The summed E-state index contributed by atoms with van der Waals surface area (Å²) in [5.41, 5.74) is 3.27. The van der Waals surface area contributed by atoms with Crippen LogP contribution in [0.2, 0.25) is 0 Å². The molecule has 2 aromatic carbocycles. The number of aliphatic hydroxyl groups excluding tert-OH is 1. The van der Waals surface area contributed by atoms with Crippen molar-refractivity contribution in [3.05, 3.63) is 59.7 Å². The summed E-state index contributed by atoms with van der Waals surface area (Å²) in [6, 6.07) is 15.8. The van der Waals surface area contributed by atoms with E-state index in [1.54, 1.807) is 0 Å². The highest BCUT2D eigenvalue weighted by molar-refractivity contribution is 5.68. The Labute approximate surface area is 137 Å². The van der Waals surface area contributed by atoms with E-state index in [-0.39, 0.29) is 6.61 Å². The van der Waals surface area contributed by atoms with Gasteiger partial charge in [-0.25, -0.2) is 4.79 Å². The van der Waals surface area contributed by atoms with Crippen LogP contribution in [0.4, 0.5) is 4.79 Å². The number of aliphatic hydroxyl groups is 1. The van der Waals surface area contributed by atoms with Gasteiger partial charge < -0.3 is 15.2 Å². The van der Waals surface area contributed by atoms with E-state index in [1.165, 1.54) is 0 Å². The van der Waals surface area contributed by atoms with Crippen LogP contribution in [0.1, 0.15) is 31.9 Å². The minimum atomic E-state index is -0.532. The molecule has 0 unspecified atom stereocenters. The summed E-state index contributed by atoms with van der Waals surface area (Å²) in [6.45, 7) is 5.71. The summed E-state index contributed by atoms with van der Waals surface area (Å²) < 4.78 is 5.24. The number of carbonyl (C=O) groups excluding carboxylic acids is 1. The van der Waals surface area contributed by atoms with Crippen LogP contribution in [-0.4, -0.2) is 16.8 Å². The van der Waals surface area contributed by atoms with Crippen molar-refractivity contribution >= 4 is 6.09 Å². The summed E-state index contributed by atoms with van der Waals surface area (Å²) in [4.78, 5) is 11.8. The Bertz CT molecular complexity index is 660. The molecular formula is C19H23NO3. The highest BCUT2D eigenvalue weighted by Crippen LogP contribution is 2.22. The standard InChI is InChI=1S/C19H23NO3/c1-19(2,3)23-18(22)20-12-17-11-15(9-10-16(17)13-21)14-7-5-4-6-8-14/h4-11,21H,12-13H2,1-3H3,(H,20,22). The van der Waals surface area contributed by atoms with E-state index in [9.17, 15) is 9.90 Å². The highest BCUT2D eigenvalue weighted by Gasteiger charge is 2.16. The Morgan fingerprint density at radius 1 is 1.04 bits per heavy atom. The van der Waals surface area contributed by atoms with Gasteiger partial charge in [-0.15, -0.1) is 0 Å². The third-order valence-electron chi connectivity index (χ3n) is 3.31. The zero-order valence-corrected chi connectivity index (χ0v) is 13.8. The van der Waals surface area contributed by atoms with Crippen molar-refractivity contribution in [2.75, 3.05) is 0 Å². The predicted molar refractivity (Wildman–Crippen MR) is 90.9 cm³/mol. The summed E-state index contributed by atoms with van der Waals surface area (Å²) in [5, 5.41) is 12.2. The molecule has 0 radical (unpaired) electrons. The summed E-state index contributed by atoms with van der Waals surface area (Å²) >= 11 is 0. The third-order valence-corrected chi connectivity index (χ3v) is 3.31. The Balaban J connectivity index is 2.15. The molecule has 0 spiro atoms. The summed E-state index contributed by atoms with van der Waals surface area (Å²) in [5.74, 6) is 0. The zero-order valence-electron chi connectivity index (χ0n) is 13.8. The maximum atomic E-state index is 11.8. The van der Waals surface area contributed by atoms with Crippen LogP contribution in [-0.2, 0) is 17.9 Å². The zero-order chi connectivity index (χ0) is 16.9. The first kappa shape index (κ1) is 17.0. The van der Waals surface area contributed by atoms with Crippen LogP contribution in [0.3, 0.4) is 0 Å². The van der Waals surface area contributed by atoms with Gasteiger partial charge in [0.2, 0.25) is 0 Å². The summed E-state index contributed by atoms with van der Waals surface area (Å²) in [6.07, 6.45) is -0.466. The molecule has 0 heterocycles. The highest BCUT2D eigenvalue weighted by atomic mass is 16.6. The van der Waals surface area contributed by atoms with Crippen molar-refractivity contribution in [2.45, 2.75) is 39.5 Å². The molecule has 0 aliphatic rings. The maximum absolute atomic E-state index is 11.8. The molecular weight excluding hydrogens is 290 g/mol. The molecule has 0 saturated carbocycles. The number of hydrogen-bond donors (Lipinski definition) is 2. The molecule has 122 valence electrons. The fourth-order valence-electron chi connectivity index (χ4n) is 2.24. The van der Waals surface area contributed by atoms with Gasteiger partial charge in [-0.1, -0.05) is 42.5 Å². The minimum absolute atomic E-state index is 0.0690. The number of rotatable bonds is 4. The van der Waals surface area contributed by atoms with Crippen LogP contribution in [0, 0.1) is 0 Å². The Morgan fingerprint density at radius 3 is 2.35 bits per heavy atom. The van der Waals surface area contributed by atoms with E-state index in [1.807, 2.05) is 69.3 Å². The van der Waals surface area contributed by atoms with Gasteiger partial charge in [0.15, 0.2) is 0 Å². The lowest BCUT2D eigenvalue weighted by atomic mass is 9.99. The largest absolute Gasteiger partial charge is 0.444 e. The number of ether oxygens (including phenoxy) is 1. The van der Waals surface area contributed by atoms with Crippen molar-refractivity contribution in [3.8, 4) is 11.1 Å². The topological polar surface area (TPSA) is 58.6 Å². The first-order valence-electron chi connectivity index (χ1n) is 7.64. The molecule has 2 rings (SSSR count). The molecule has 0 saturated heterocycles. The van der Waals surface area contributed by atoms with E-state index in [2.05, 4.69) is 5.32 Å². The second kappa shape index (κ2) is 7.29. The monoisotopic (exact) mass is 313 g/mol. The Hall–Kier alpha value is -2.33. The van der Waals surface area contributed by atoms with Gasteiger partial charge in [0, 0.05) is 6.54 Å². The molecule has 0 aliphatic carbocycles. The van der Waals surface area contributed by atoms with E-state index < -0.39 is 11.7 Å².